The van der Waals surface area contributed by atoms with Crippen molar-refractivity contribution in [2.75, 3.05) is 5.73 Å². The molecule has 0 unspecified atom stereocenters. The number of benzene rings is 1. The number of imidazole rings is 1. The number of aryl methyl sites for hydroxylation is 1. The third-order valence-corrected chi connectivity index (χ3v) is 3.63. The quantitative estimate of drug-likeness (QED) is 0.785. The Labute approximate surface area is 120 Å². The van der Waals surface area contributed by atoms with Crippen molar-refractivity contribution >= 4 is 27.3 Å². The second-order valence-corrected chi connectivity index (χ2v) is 5.60. The van der Waals surface area contributed by atoms with Gasteiger partial charge in [0.15, 0.2) is 5.65 Å². The summed E-state index contributed by atoms with van der Waals surface area (Å²) in [7, 11) is 0. The first kappa shape index (κ1) is 12.2. The lowest BCUT2D eigenvalue weighted by molar-refractivity contribution is 1.11. The van der Waals surface area contributed by atoms with Gasteiger partial charge in [-0.3, -0.25) is 0 Å². The zero-order valence-corrected chi connectivity index (χ0v) is 12.2. The number of halogens is 1. The highest BCUT2D eigenvalue weighted by molar-refractivity contribution is 9.10. The molecule has 0 radical (unpaired) electrons. The summed E-state index contributed by atoms with van der Waals surface area (Å²) >= 11 is 3.49. The maximum absolute atomic E-state index is 5.83. The van der Waals surface area contributed by atoms with E-state index in [1.54, 1.807) is 0 Å². The van der Waals surface area contributed by atoms with Crippen LogP contribution in [0.5, 0.6) is 0 Å². The largest absolute Gasteiger partial charge is 0.397 e. The first-order chi connectivity index (χ1) is 9.11. The SMILES string of the molecule is Cc1cccc(Cc2cn3cc(N)cc(Br)c3n2)c1. The van der Waals surface area contributed by atoms with Crippen LogP contribution >= 0.6 is 15.9 Å². The molecule has 2 heterocycles. The molecule has 19 heavy (non-hydrogen) atoms. The third kappa shape index (κ3) is 2.49. The lowest BCUT2D eigenvalue weighted by Gasteiger charge is -1.99. The Morgan fingerprint density at radius 2 is 2.11 bits per heavy atom. The van der Waals surface area contributed by atoms with Crippen LogP contribution in [0.2, 0.25) is 0 Å². The molecule has 0 aliphatic carbocycles. The summed E-state index contributed by atoms with van der Waals surface area (Å²) in [6.07, 6.45) is 4.74. The predicted octanol–water partition coefficient (Wildman–Crippen LogP) is 3.58. The maximum Gasteiger partial charge on any atom is 0.151 e. The molecule has 0 saturated carbocycles. The van der Waals surface area contributed by atoms with E-state index in [0.717, 1.165) is 27.9 Å². The van der Waals surface area contributed by atoms with Gasteiger partial charge in [-0.2, -0.15) is 0 Å². The van der Waals surface area contributed by atoms with Crippen molar-refractivity contribution in [1.82, 2.24) is 9.38 Å². The van der Waals surface area contributed by atoms with Crippen LogP contribution in [0.3, 0.4) is 0 Å². The van der Waals surface area contributed by atoms with Crippen molar-refractivity contribution in [2.24, 2.45) is 0 Å². The summed E-state index contributed by atoms with van der Waals surface area (Å²) in [5.74, 6) is 0. The average molecular weight is 316 g/mol. The molecule has 0 spiro atoms. The molecule has 0 aliphatic heterocycles. The molecule has 0 atom stereocenters. The minimum Gasteiger partial charge on any atom is -0.397 e. The molecule has 4 heteroatoms. The molecule has 96 valence electrons. The number of aromatic nitrogens is 2. The standard InChI is InChI=1S/C15H14BrN3/c1-10-3-2-4-11(5-10)6-13-9-19-8-12(17)7-14(16)15(19)18-13/h2-5,7-9H,6,17H2,1H3. The van der Waals surface area contributed by atoms with Crippen LogP contribution in [0.25, 0.3) is 5.65 Å². The molecule has 0 bridgehead atoms. The van der Waals surface area contributed by atoms with Crippen LogP contribution in [-0.4, -0.2) is 9.38 Å². The number of anilines is 1. The van der Waals surface area contributed by atoms with E-state index < -0.39 is 0 Å². The summed E-state index contributed by atoms with van der Waals surface area (Å²) in [4.78, 5) is 4.64. The first-order valence-electron chi connectivity index (χ1n) is 6.10. The highest BCUT2D eigenvalue weighted by atomic mass is 79.9. The van der Waals surface area contributed by atoms with Crippen LogP contribution in [0.1, 0.15) is 16.8 Å². The van der Waals surface area contributed by atoms with E-state index in [2.05, 4.69) is 52.1 Å². The van der Waals surface area contributed by atoms with Crippen LogP contribution < -0.4 is 5.73 Å². The molecule has 3 nitrogen and oxygen atoms in total. The van der Waals surface area contributed by atoms with Crippen molar-refractivity contribution in [1.29, 1.82) is 0 Å². The Morgan fingerprint density at radius 1 is 1.26 bits per heavy atom. The van der Waals surface area contributed by atoms with Crippen molar-refractivity contribution in [3.8, 4) is 0 Å². The van der Waals surface area contributed by atoms with Crippen molar-refractivity contribution in [3.05, 3.63) is 64.0 Å². The maximum atomic E-state index is 5.83. The van der Waals surface area contributed by atoms with E-state index in [1.807, 2.05) is 22.9 Å². The van der Waals surface area contributed by atoms with E-state index in [1.165, 1.54) is 11.1 Å². The number of nitrogens with zero attached hydrogens (tertiary/aromatic N) is 2. The number of hydrogen-bond donors (Lipinski definition) is 1. The van der Waals surface area contributed by atoms with Gasteiger partial charge in [0.05, 0.1) is 10.2 Å². The topological polar surface area (TPSA) is 43.3 Å². The van der Waals surface area contributed by atoms with E-state index in [9.17, 15) is 0 Å². The van der Waals surface area contributed by atoms with Gasteiger partial charge in [0.1, 0.15) is 0 Å². The molecule has 1 aromatic carbocycles. The zero-order valence-electron chi connectivity index (χ0n) is 10.6. The first-order valence-corrected chi connectivity index (χ1v) is 6.89. The van der Waals surface area contributed by atoms with E-state index >= 15 is 0 Å². The smallest absolute Gasteiger partial charge is 0.151 e. The monoisotopic (exact) mass is 315 g/mol. The van der Waals surface area contributed by atoms with Crippen LogP contribution in [-0.2, 0) is 6.42 Å². The van der Waals surface area contributed by atoms with Crippen LogP contribution in [0, 0.1) is 6.92 Å². The van der Waals surface area contributed by atoms with Gasteiger partial charge in [0.2, 0.25) is 0 Å². The number of fused-ring (bicyclic) bond motifs is 1. The van der Waals surface area contributed by atoms with Gasteiger partial charge in [0.25, 0.3) is 0 Å². The van der Waals surface area contributed by atoms with Gasteiger partial charge in [-0.05, 0) is 34.5 Å². The van der Waals surface area contributed by atoms with Crippen molar-refractivity contribution in [2.45, 2.75) is 13.3 Å². The molecule has 3 rings (SSSR count). The van der Waals surface area contributed by atoms with Gasteiger partial charge in [0, 0.05) is 24.5 Å². The average Bonchev–Trinajstić information content (AvgIpc) is 2.71. The van der Waals surface area contributed by atoms with Gasteiger partial charge in [-0.1, -0.05) is 29.8 Å². The third-order valence-electron chi connectivity index (χ3n) is 3.05. The van der Waals surface area contributed by atoms with E-state index in [4.69, 9.17) is 5.73 Å². The Balaban J connectivity index is 2.00. The number of hydrogen-bond acceptors (Lipinski definition) is 2. The molecular formula is C15H14BrN3. The minimum absolute atomic E-state index is 0.721. The molecule has 2 aromatic heterocycles. The zero-order chi connectivity index (χ0) is 13.4. The Kier molecular flexibility index (Phi) is 3.03. The van der Waals surface area contributed by atoms with Gasteiger partial charge < -0.3 is 10.1 Å². The normalized spacial score (nSPS) is 11.1. The van der Waals surface area contributed by atoms with Crippen LogP contribution in [0.15, 0.2) is 47.2 Å². The fraction of sp³-hybridized carbons (Fsp3) is 0.133. The molecule has 0 aliphatic rings. The van der Waals surface area contributed by atoms with E-state index in [0.29, 0.717) is 0 Å². The number of nitrogens with two attached hydrogens (primary N) is 1. The number of rotatable bonds is 2. The summed E-state index contributed by atoms with van der Waals surface area (Å²) in [5.41, 5.74) is 11.0. The number of nitrogen functional groups attached to an aromatic ring is 1. The van der Waals surface area contributed by atoms with Crippen molar-refractivity contribution < 1.29 is 0 Å². The lowest BCUT2D eigenvalue weighted by atomic mass is 10.1. The Bertz CT molecular complexity index is 746. The van der Waals surface area contributed by atoms with E-state index in [-0.39, 0.29) is 0 Å². The fourth-order valence-electron chi connectivity index (χ4n) is 2.24. The summed E-state index contributed by atoms with van der Waals surface area (Å²) in [5, 5.41) is 0. The van der Waals surface area contributed by atoms with Crippen molar-refractivity contribution in [3.63, 3.8) is 0 Å². The molecule has 3 aromatic rings. The molecule has 0 saturated heterocycles. The van der Waals surface area contributed by atoms with Gasteiger partial charge in [-0.15, -0.1) is 0 Å². The Hall–Kier alpha value is -1.81. The highest BCUT2D eigenvalue weighted by Gasteiger charge is 2.07. The molecule has 0 amide bonds. The molecule has 2 N–H and O–H groups in total. The predicted molar refractivity (Wildman–Crippen MR) is 81.3 cm³/mol. The van der Waals surface area contributed by atoms with Gasteiger partial charge in [-0.25, -0.2) is 4.98 Å². The second kappa shape index (κ2) is 4.70. The summed E-state index contributed by atoms with van der Waals surface area (Å²) < 4.78 is 2.88. The minimum atomic E-state index is 0.721. The Morgan fingerprint density at radius 3 is 2.89 bits per heavy atom. The molecular weight excluding hydrogens is 302 g/mol. The molecule has 0 fully saturated rings. The van der Waals surface area contributed by atoms with Crippen LogP contribution in [0.4, 0.5) is 5.69 Å². The van der Waals surface area contributed by atoms with Gasteiger partial charge >= 0.3 is 0 Å². The highest BCUT2D eigenvalue weighted by Crippen LogP contribution is 2.21. The fourth-order valence-corrected chi connectivity index (χ4v) is 2.80. The lowest BCUT2D eigenvalue weighted by Crippen LogP contribution is -1.90. The number of pyridine rings is 1. The summed E-state index contributed by atoms with van der Waals surface area (Å²) in [6.45, 7) is 2.10. The second-order valence-electron chi connectivity index (χ2n) is 4.75. The summed E-state index contributed by atoms with van der Waals surface area (Å²) in [6, 6.07) is 10.4.